The lowest BCUT2D eigenvalue weighted by Crippen LogP contribution is -2.45. The summed E-state index contributed by atoms with van der Waals surface area (Å²) in [6, 6.07) is 0.0888. The number of cyclic esters (lactones) is 1. The van der Waals surface area contributed by atoms with Gasteiger partial charge in [-0.3, -0.25) is 9.78 Å². The standard InChI is InChI=1S/C22H28N8O3/c1-3-17-18(23-12-19(25-17)29-14-24-26-27-29)4-7-28-8-5-22(6-9-28)11-15(2)30(21(22)32)16-10-20(31)33-13-16/h10,12,14-15H,3-9,11,13H2,1-2H3. The molecular formula is C22H28N8O3. The van der Waals surface area contributed by atoms with Crippen LogP contribution in [0.25, 0.3) is 5.82 Å². The van der Waals surface area contributed by atoms with E-state index in [0.717, 1.165) is 63.1 Å². The zero-order valence-corrected chi connectivity index (χ0v) is 19.0. The Kier molecular flexibility index (Phi) is 5.65. The predicted molar refractivity (Wildman–Crippen MR) is 116 cm³/mol. The third-order valence-corrected chi connectivity index (χ3v) is 7.07. The zero-order chi connectivity index (χ0) is 23.0. The Morgan fingerprint density at radius 3 is 2.70 bits per heavy atom. The predicted octanol–water partition coefficient (Wildman–Crippen LogP) is 0.701. The van der Waals surface area contributed by atoms with Gasteiger partial charge >= 0.3 is 5.97 Å². The van der Waals surface area contributed by atoms with E-state index in [1.807, 2.05) is 0 Å². The van der Waals surface area contributed by atoms with Crippen molar-refractivity contribution in [3.05, 3.63) is 35.7 Å². The van der Waals surface area contributed by atoms with Crippen molar-refractivity contribution in [3.63, 3.8) is 0 Å². The molecule has 3 aliphatic heterocycles. The minimum atomic E-state index is -0.360. The molecule has 0 aliphatic carbocycles. The summed E-state index contributed by atoms with van der Waals surface area (Å²) in [5.41, 5.74) is 2.31. The van der Waals surface area contributed by atoms with E-state index in [2.05, 4.69) is 44.2 Å². The highest BCUT2D eigenvalue weighted by molar-refractivity contribution is 5.91. The number of carbonyl (C=O) groups excluding carboxylic acids is 2. The van der Waals surface area contributed by atoms with Crippen LogP contribution in [-0.2, 0) is 27.2 Å². The van der Waals surface area contributed by atoms with Crippen LogP contribution in [0.5, 0.6) is 0 Å². The summed E-state index contributed by atoms with van der Waals surface area (Å²) in [5.74, 6) is 0.404. The maximum Gasteiger partial charge on any atom is 0.333 e. The van der Waals surface area contributed by atoms with E-state index in [9.17, 15) is 9.59 Å². The van der Waals surface area contributed by atoms with Crippen molar-refractivity contribution >= 4 is 11.9 Å². The molecule has 11 heteroatoms. The van der Waals surface area contributed by atoms with Gasteiger partial charge < -0.3 is 14.5 Å². The van der Waals surface area contributed by atoms with Gasteiger partial charge in [0.25, 0.3) is 0 Å². The highest BCUT2D eigenvalue weighted by Gasteiger charge is 2.52. The van der Waals surface area contributed by atoms with Gasteiger partial charge in [0, 0.05) is 25.1 Å². The quantitative estimate of drug-likeness (QED) is 0.583. The SMILES string of the molecule is CCc1nc(-n2cnnn2)cnc1CCN1CCC2(CC1)CC(C)N(C1=CC(=O)OC1)C2=O. The number of rotatable bonds is 6. The van der Waals surface area contributed by atoms with Crippen LogP contribution in [0.4, 0.5) is 0 Å². The molecule has 1 spiro atoms. The zero-order valence-electron chi connectivity index (χ0n) is 19.0. The number of likely N-dealkylation sites (tertiary alicyclic amines) is 2. The molecule has 33 heavy (non-hydrogen) atoms. The van der Waals surface area contributed by atoms with Gasteiger partial charge in [0.1, 0.15) is 12.9 Å². The van der Waals surface area contributed by atoms with Crippen LogP contribution in [0.1, 0.15) is 44.5 Å². The van der Waals surface area contributed by atoms with Crippen molar-refractivity contribution in [2.24, 2.45) is 5.41 Å². The molecule has 1 amide bonds. The average molecular weight is 453 g/mol. The number of ether oxygens (including phenoxy) is 1. The summed E-state index contributed by atoms with van der Waals surface area (Å²) < 4.78 is 6.54. The highest BCUT2D eigenvalue weighted by atomic mass is 16.5. The third-order valence-electron chi connectivity index (χ3n) is 7.07. The molecule has 1 atom stereocenters. The van der Waals surface area contributed by atoms with Crippen molar-refractivity contribution in [2.45, 2.75) is 52.0 Å². The number of piperidine rings is 1. The summed E-state index contributed by atoms with van der Waals surface area (Å²) in [4.78, 5) is 38.3. The molecule has 5 rings (SSSR count). The van der Waals surface area contributed by atoms with Crippen LogP contribution >= 0.6 is 0 Å². The first kappa shape index (κ1) is 21.6. The van der Waals surface area contributed by atoms with Crippen molar-refractivity contribution < 1.29 is 14.3 Å². The number of tetrazole rings is 1. The molecule has 0 saturated carbocycles. The number of hydrogen-bond donors (Lipinski definition) is 0. The number of aromatic nitrogens is 6. The van der Waals surface area contributed by atoms with Crippen LogP contribution in [-0.4, -0.2) is 84.1 Å². The van der Waals surface area contributed by atoms with Crippen LogP contribution in [0.3, 0.4) is 0 Å². The molecule has 2 aromatic rings. The lowest BCUT2D eigenvalue weighted by Gasteiger charge is -2.38. The van der Waals surface area contributed by atoms with Crippen LogP contribution < -0.4 is 0 Å². The molecule has 5 heterocycles. The van der Waals surface area contributed by atoms with E-state index in [1.54, 1.807) is 11.1 Å². The van der Waals surface area contributed by atoms with E-state index < -0.39 is 0 Å². The smallest absolute Gasteiger partial charge is 0.333 e. The Hall–Kier alpha value is -3.21. The van der Waals surface area contributed by atoms with Crippen LogP contribution in [0, 0.1) is 5.41 Å². The van der Waals surface area contributed by atoms with Gasteiger partial charge in [0.15, 0.2) is 5.82 Å². The molecule has 174 valence electrons. The number of carbonyl (C=O) groups is 2. The molecule has 0 radical (unpaired) electrons. The van der Waals surface area contributed by atoms with Crippen LogP contribution in [0.2, 0.25) is 0 Å². The first-order valence-electron chi connectivity index (χ1n) is 11.5. The van der Waals surface area contributed by atoms with Gasteiger partial charge in [-0.25, -0.2) is 9.78 Å². The fraction of sp³-hybridized carbons (Fsp3) is 0.591. The normalized spacial score (nSPS) is 22.8. The first-order valence-corrected chi connectivity index (χ1v) is 11.5. The van der Waals surface area contributed by atoms with Crippen molar-refractivity contribution in [1.29, 1.82) is 0 Å². The molecule has 0 bridgehead atoms. The average Bonchev–Trinajstić information content (AvgIpc) is 3.55. The van der Waals surface area contributed by atoms with Crippen molar-refractivity contribution in [3.8, 4) is 5.82 Å². The van der Waals surface area contributed by atoms with E-state index in [0.29, 0.717) is 11.5 Å². The number of esters is 1. The third kappa shape index (κ3) is 4.01. The van der Waals surface area contributed by atoms with Crippen molar-refractivity contribution in [2.75, 3.05) is 26.2 Å². The Labute approximate surface area is 191 Å². The summed E-state index contributed by atoms with van der Waals surface area (Å²) in [6.07, 6.45) is 8.75. The molecule has 2 saturated heterocycles. The summed E-state index contributed by atoms with van der Waals surface area (Å²) in [6.45, 7) is 6.95. The summed E-state index contributed by atoms with van der Waals surface area (Å²) in [7, 11) is 0. The van der Waals surface area contributed by atoms with Gasteiger partial charge in [-0.15, -0.1) is 5.10 Å². The molecule has 0 aromatic carbocycles. The number of aryl methyl sites for hydroxylation is 1. The lowest BCUT2D eigenvalue weighted by molar-refractivity contribution is -0.138. The summed E-state index contributed by atoms with van der Waals surface area (Å²) in [5, 5.41) is 11.2. The number of hydrogen-bond acceptors (Lipinski definition) is 9. The van der Waals surface area contributed by atoms with Gasteiger partial charge in [-0.1, -0.05) is 6.92 Å². The Morgan fingerprint density at radius 2 is 2.03 bits per heavy atom. The maximum absolute atomic E-state index is 13.4. The molecule has 2 fully saturated rings. The molecule has 0 N–H and O–H groups in total. The fourth-order valence-corrected chi connectivity index (χ4v) is 5.31. The highest BCUT2D eigenvalue weighted by Crippen LogP contribution is 2.46. The van der Waals surface area contributed by atoms with Crippen LogP contribution in [0.15, 0.2) is 24.3 Å². The van der Waals surface area contributed by atoms with Gasteiger partial charge in [0.05, 0.1) is 28.7 Å². The Bertz CT molecular complexity index is 1080. The first-order chi connectivity index (χ1) is 16.0. The molecule has 3 aliphatic rings. The Morgan fingerprint density at radius 1 is 1.21 bits per heavy atom. The molecule has 11 nitrogen and oxygen atoms in total. The molecular weight excluding hydrogens is 424 g/mol. The van der Waals surface area contributed by atoms with Gasteiger partial charge in [0.2, 0.25) is 5.91 Å². The number of amides is 1. The van der Waals surface area contributed by atoms with Gasteiger partial charge in [-0.2, -0.15) is 4.68 Å². The second kappa shape index (κ2) is 8.62. The topological polar surface area (TPSA) is 119 Å². The minimum absolute atomic E-state index is 0.0888. The van der Waals surface area contributed by atoms with E-state index in [1.165, 1.54) is 17.1 Å². The monoisotopic (exact) mass is 452 g/mol. The van der Waals surface area contributed by atoms with E-state index in [-0.39, 0.29) is 29.9 Å². The lowest BCUT2D eigenvalue weighted by atomic mass is 9.76. The number of nitrogens with zero attached hydrogens (tertiary/aromatic N) is 8. The summed E-state index contributed by atoms with van der Waals surface area (Å²) >= 11 is 0. The maximum atomic E-state index is 13.4. The van der Waals surface area contributed by atoms with E-state index in [4.69, 9.17) is 4.74 Å². The molecule has 2 aromatic heterocycles. The van der Waals surface area contributed by atoms with Crippen molar-refractivity contribution in [1.82, 2.24) is 40.0 Å². The second-order valence-corrected chi connectivity index (χ2v) is 9.07. The van der Waals surface area contributed by atoms with E-state index >= 15 is 0 Å². The largest absolute Gasteiger partial charge is 0.456 e. The molecule has 1 unspecified atom stereocenters. The second-order valence-electron chi connectivity index (χ2n) is 9.07. The van der Waals surface area contributed by atoms with Gasteiger partial charge in [-0.05, 0) is 56.1 Å². The minimum Gasteiger partial charge on any atom is -0.456 e. The fourth-order valence-electron chi connectivity index (χ4n) is 5.31. The Balaban J connectivity index is 1.20.